The summed E-state index contributed by atoms with van der Waals surface area (Å²) >= 11 is 0. The minimum atomic E-state index is -0.262. The van der Waals surface area contributed by atoms with Crippen LogP contribution in [-0.2, 0) is 4.79 Å². The van der Waals surface area contributed by atoms with Gasteiger partial charge in [0.25, 0.3) is 0 Å². The van der Waals surface area contributed by atoms with E-state index in [4.69, 9.17) is 5.73 Å². The zero-order chi connectivity index (χ0) is 8.85. The molecular formula is C8H18N2O. The van der Waals surface area contributed by atoms with Crippen LogP contribution in [0.3, 0.4) is 0 Å². The molecule has 0 aliphatic heterocycles. The van der Waals surface area contributed by atoms with Crippen LogP contribution in [0.2, 0.25) is 0 Å². The molecule has 0 radical (unpaired) electrons. The van der Waals surface area contributed by atoms with Gasteiger partial charge in [-0.3, -0.25) is 4.79 Å². The molecule has 0 unspecified atom stereocenters. The Labute approximate surface area is 68.6 Å². The standard InChI is InChI=1S/C8H18N2O/c1-4-8(11)7(9)5-6-10(2)3/h7H,4-6,9H2,1-3H3/t7-/m0/s1. The number of Topliss-reactive ketones (excluding diaryl/α,β-unsaturated/α-hetero) is 1. The Balaban J connectivity index is 3.52. The fraction of sp³-hybridized carbons (Fsp3) is 0.875. The van der Waals surface area contributed by atoms with Gasteiger partial charge in [-0.05, 0) is 27.1 Å². The lowest BCUT2D eigenvalue weighted by molar-refractivity contribution is -0.120. The molecule has 0 saturated heterocycles. The van der Waals surface area contributed by atoms with Crippen molar-refractivity contribution in [2.75, 3.05) is 20.6 Å². The topological polar surface area (TPSA) is 46.3 Å². The van der Waals surface area contributed by atoms with Gasteiger partial charge < -0.3 is 10.6 Å². The third kappa shape index (κ3) is 4.93. The highest BCUT2D eigenvalue weighted by atomic mass is 16.1. The minimum absolute atomic E-state index is 0.159. The predicted octanol–water partition coefficient (Wildman–Crippen LogP) is 0.244. The lowest BCUT2D eigenvalue weighted by Gasteiger charge is -2.13. The van der Waals surface area contributed by atoms with E-state index >= 15 is 0 Å². The molecule has 1 atom stereocenters. The van der Waals surface area contributed by atoms with Crippen LogP contribution in [0.15, 0.2) is 0 Å². The molecule has 0 aromatic heterocycles. The lowest BCUT2D eigenvalue weighted by atomic mass is 10.1. The van der Waals surface area contributed by atoms with E-state index in [2.05, 4.69) is 0 Å². The molecule has 0 aromatic rings. The zero-order valence-electron chi connectivity index (χ0n) is 7.63. The predicted molar refractivity (Wildman–Crippen MR) is 46.4 cm³/mol. The third-order valence-corrected chi connectivity index (χ3v) is 1.65. The van der Waals surface area contributed by atoms with E-state index in [0.29, 0.717) is 6.42 Å². The first-order valence-electron chi connectivity index (χ1n) is 4.01. The maximum absolute atomic E-state index is 11.0. The van der Waals surface area contributed by atoms with Crippen molar-refractivity contribution in [1.29, 1.82) is 0 Å². The molecule has 0 amide bonds. The molecule has 0 spiro atoms. The second kappa shape index (κ2) is 5.27. The SMILES string of the molecule is CCC(=O)[C@@H](N)CCN(C)C. The summed E-state index contributed by atoms with van der Waals surface area (Å²) in [6.45, 7) is 2.73. The Hall–Kier alpha value is -0.410. The van der Waals surface area contributed by atoms with E-state index in [-0.39, 0.29) is 11.8 Å². The van der Waals surface area contributed by atoms with Gasteiger partial charge in [0.1, 0.15) is 5.78 Å². The number of nitrogens with zero attached hydrogens (tertiary/aromatic N) is 1. The van der Waals surface area contributed by atoms with Gasteiger partial charge in [-0.2, -0.15) is 0 Å². The van der Waals surface area contributed by atoms with Gasteiger partial charge in [-0.15, -0.1) is 0 Å². The molecule has 3 heteroatoms. The molecule has 2 N–H and O–H groups in total. The summed E-state index contributed by atoms with van der Waals surface area (Å²) in [6, 6.07) is -0.262. The second-order valence-electron chi connectivity index (χ2n) is 3.02. The maximum Gasteiger partial charge on any atom is 0.149 e. The van der Waals surface area contributed by atoms with E-state index in [1.807, 2.05) is 25.9 Å². The van der Waals surface area contributed by atoms with Crippen LogP contribution in [-0.4, -0.2) is 37.4 Å². The highest BCUT2D eigenvalue weighted by molar-refractivity contribution is 5.83. The number of carbonyl (C=O) groups is 1. The van der Waals surface area contributed by atoms with E-state index in [1.165, 1.54) is 0 Å². The molecule has 0 saturated carbocycles. The van der Waals surface area contributed by atoms with Crippen molar-refractivity contribution in [3.8, 4) is 0 Å². The number of carbonyl (C=O) groups excluding carboxylic acids is 1. The van der Waals surface area contributed by atoms with Crippen molar-refractivity contribution in [3.05, 3.63) is 0 Å². The highest BCUT2D eigenvalue weighted by Gasteiger charge is 2.10. The summed E-state index contributed by atoms with van der Waals surface area (Å²) in [7, 11) is 3.95. The maximum atomic E-state index is 11.0. The molecule has 0 aliphatic rings. The second-order valence-corrected chi connectivity index (χ2v) is 3.02. The molecule has 0 aliphatic carbocycles. The Kier molecular flexibility index (Phi) is 5.07. The van der Waals surface area contributed by atoms with Crippen LogP contribution in [0.4, 0.5) is 0 Å². The molecule has 0 bridgehead atoms. The quantitative estimate of drug-likeness (QED) is 0.623. The van der Waals surface area contributed by atoms with Crippen molar-refractivity contribution in [2.24, 2.45) is 5.73 Å². The van der Waals surface area contributed by atoms with Gasteiger partial charge in [0.2, 0.25) is 0 Å². The van der Waals surface area contributed by atoms with Gasteiger partial charge in [0, 0.05) is 6.42 Å². The number of ketones is 1. The van der Waals surface area contributed by atoms with Crippen LogP contribution in [0.25, 0.3) is 0 Å². The van der Waals surface area contributed by atoms with E-state index in [0.717, 1.165) is 13.0 Å². The lowest BCUT2D eigenvalue weighted by Crippen LogP contribution is -2.33. The summed E-state index contributed by atoms with van der Waals surface area (Å²) in [6.07, 6.45) is 1.31. The molecule has 0 aromatic carbocycles. The minimum Gasteiger partial charge on any atom is -0.321 e. The van der Waals surface area contributed by atoms with Crippen molar-refractivity contribution in [2.45, 2.75) is 25.8 Å². The summed E-state index contributed by atoms with van der Waals surface area (Å²) in [4.78, 5) is 13.0. The fourth-order valence-electron chi connectivity index (χ4n) is 0.820. The van der Waals surface area contributed by atoms with Crippen molar-refractivity contribution in [3.63, 3.8) is 0 Å². The summed E-state index contributed by atoms with van der Waals surface area (Å²) in [5.41, 5.74) is 5.60. The van der Waals surface area contributed by atoms with Crippen LogP contribution in [0.1, 0.15) is 19.8 Å². The molecule has 11 heavy (non-hydrogen) atoms. The number of hydrogen-bond donors (Lipinski definition) is 1. The highest BCUT2D eigenvalue weighted by Crippen LogP contribution is 1.94. The Bertz CT molecular complexity index is 123. The average molecular weight is 158 g/mol. The number of rotatable bonds is 5. The first kappa shape index (κ1) is 10.6. The number of nitrogens with two attached hydrogens (primary N) is 1. The molecule has 0 fully saturated rings. The smallest absolute Gasteiger partial charge is 0.149 e. The monoisotopic (exact) mass is 158 g/mol. The van der Waals surface area contributed by atoms with Gasteiger partial charge >= 0.3 is 0 Å². The fourth-order valence-corrected chi connectivity index (χ4v) is 0.820. The van der Waals surface area contributed by atoms with Crippen molar-refractivity contribution >= 4 is 5.78 Å². The van der Waals surface area contributed by atoms with Gasteiger partial charge in [-0.1, -0.05) is 6.92 Å². The Morgan fingerprint density at radius 1 is 1.55 bits per heavy atom. The van der Waals surface area contributed by atoms with E-state index in [9.17, 15) is 4.79 Å². The van der Waals surface area contributed by atoms with E-state index < -0.39 is 0 Å². The molecule has 0 heterocycles. The Morgan fingerprint density at radius 3 is 2.45 bits per heavy atom. The molecule has 0 rings (SSSR count). The van der Waals surface area contributed by atoms with Gasteiger partial charge in [0.15, 0.2) is 0 Å². The van der Waals surface area contributed by atoms with Gasteiger partial charge in [0.05, 0.1) is 6.04 Å². The van der Waals surface area contributed by atoms with Crippen molar-refractivity contribution in [1.82, 2.24) is 4.90 Å². The summed E-state index contributed by atoms with van der Waals surface area (Å²) in [5, 5.41) is 0. The average Bonchev–Trinajstić information content (AvgIpc) is 1.98. The third-order valence-electron chi connectivity index (χ3n) is 1.65. The first-order valence-corrected chi connectivity index (χ1v) is 4.01. The summed E-state index contributed by atoms with van der Waals surface area (Å²) in [5.74, 6) is 0.159. The normalized spacial score (nSPS) is 13.5. The molecule has 66 valence electrons. The Morgan fingerprint density at radius 2 is 2.09 bits per heavy atom. The van der Waals surface area contributed by atoms with Crippen LogP contribution in [0, 0.1) is 0 Å². The largest absolute Gasteiger partial charge is 0.321 e. The van der Waals surface area contributed by atoms with Crippen molar-refractivity contribution < 1.29 is 4.79 Å². The first-order chi connectivity index (χ1) is 5.07. The van der Waals surface area contributed by atoms with Crippen LogP contribution >= 0.6 is 0 Å². The van der Waals surface area contributed by atoms with Crippen LogP contribution in [0.5, 0.6) is 0 Å². The van der Waals surface area contributed by atoms with Gasteiger partial charge in [-0.25, -0.2) is 0 Å². The zero-order valence-corrected chi connectivity index (χ0v) is 7.63. The molecule has 3 nitrogen and oxygen atoms in total. The summed E-state index contributed by atoms with van der Waals surface area (Å²) < 4.78 is 0. The number of hydrogen-bond acceptors (Lipinski definition) is 3. The van der Waals surface area contributed by atoms with E-state index in [1.54, 1.807) is 0 Å². The van der Waals surface area contributed by atoms with Crippen LogP contribution < -0.4 is 5.73 Å². The molecular weight excluding hydrogens is 140 g/mol.